The van der Waals surface area contributed by atoms with Gasteiger partial charge in [-0.1, -0.05) is 13.8 Å². The summed E-state index contributed by atoms with van der Waals surface area (Å²) in [5.74, 6) is 2.48. The van der Waals surface area contributed by atoms with Crippen LogP contribution >= 0.6 is 0 Å². The second kappa shape index (κ2) is 8.44. The van der Waals surface area contributed by atoms with Gasteiger partial charge in [-0.2, -0.15) is 0 Å². The molecule has 0 saturated heterocycles. The van der Waals surface area contributed by atoms with E-state index in [2.05, 4.69) is 29.1 Å². The van der Waals surface area contributed by atoms with Crippen molar-refractivity contribution < 1.29 is 4.79 Å². The van der Waals surface area contributed by atoms with Crippen LogP contribution in [-0.2, 0) is 11.2 Å². The van der Waals surface area contributed by atoms with Gasteiger partial charge in [0.2, 0.25) is 5.91 Å². The van der Waals surface area contributed by atoms with Crippen molar-refractivity contribution in [3.63, 3.8) is 0 Å². The lowest BCUT2D eigenvalue weighted by Gasteiger charge is -2.21. The Hall–Kier alpha value is -1.85. The van der Waals surface area contributed by atoms with Crippen molar-refractivity contribution in [1.29, 1.82) is 0 Å². The molecule has 1 amide bonds. The lowest BCUT2D eigenvalue weighted by molar-refractivity contribution is -0.127. The van der Waals surface area contributed by atoms with Crippen molar-refractivity contribution >= 4 is 17.5 Å². The summed E-state index contributed by atoms with van der Waals surface area (Å²) < 4.78 is 0. The number of nitrogens with one attached hydrogen (secondary N) is 1. The minimum absolute atomic E-state index is 0.0521. The average Bonchev–Trinajstić information content (AvgIpc) is 2.45. The minimum Gasteiger partial charge on any atom is -0.370 e. The van der Waals surface area contributed by atoms with Crippen LogP contribution < -0.4 is 10.2 Å². The third kappa shape index (κ3) is 5.57. The number of carbonyl (C=O) groups excluding carboxylic acids is 1. The Balaban J connectivity index is 2.92. The third-order valence-electron chi connectivity index (χ3n) is 3.05. The smallest absolute Gasteiger partial charge is 0.241 e. The summed E-state index contributed by atoms with van der Waals surface area (Å²) in [6, 6.07) is 1.90. The van der Waals surface area contributed by atoms with Gasteiger partial charge in [0.05, 0.1) is 6.54 Å². The molecular formula is C15H27N5O. The highest BCUT2D eigenvalue weighted by molar-refractivity contribution is 5.80. The number of aromatic nitrogens is 2. The molecule has 0 spiro atoms. The second-order valence-electron chi connectivity index (χ2n) is 5.35. The van der Waals surface area contributed by atoms with Crippen LogP contribution in [0.5, 0.6) is 0 Å². The van der Waals surface area contributed by atoms with E-state index in [0.717, 1.165) is 43.3 Å². The van der Waals surface area contributed by atoms with Gasteiger partial charge in [-0.15, -0.1) is 0 Å². The van der Waals surface area contributed by atoms with Gasteiger partial charge in [-0.25, -0.2) is 9.97 Å². The van der Waals surface area contributed by atoms with Gasteiger partial charge in [0.15, 0.2) is 0 Å². The lowest BCUT2D eigenvalue weighted by Crippen LogP contribution is -2.34. The molecule has 1 heterocycles. The van der Waals surface area contributed by atoms with Gasteiger partial charge < -0.3 is 15.1 Å². The highest BCUT2D eigenvalue weighted by atomic mass is 16.2. The normalized spacial score (nSPS) is 10.3. The number of nitrogens with zero attached hydrogens (tertiary/aromatic N) is 4. The van der Waals surface area contributed by atoms with Gasteiger partial charge in [0.1, 0.15) is 17.5 Å². The zero-order valence-corrected chi connectivity index (χ0v) is 13.8. The fourth-order valence-electron chi connectivity index (χ4n) is 1.78. The molecule has 0 aliphatic rings. The first-order valence-electron chi connectivity index (χ1n) is 7.51. The molecule has 1 N–H and O–H groups in total. The maximum Gasteiger partial charge on any atom is 0.241 e. The number of hydrogen-bond acceptors (Lipinski definition) is 5. The molecule has 0 atom stereocenters. The molecule has 118 valence electrons. The first-order valence-corrected chi connectivity index (χ1v) is 7.51. The van der Waals surface area contributed by atoms with E-state index in [-0.39, 0.29) is 5.91 Å². The molecule has 0 aliphatic carbocycles. The van der Waals surface area contributed by atoms with Crippen LogP contribution in [0, 0.1) is 0 Å². The van der Waals surface area contributed by atoms with Gasteiger partial charge in [0, 0.05) is 40.2 Å². The molecule has 0 fully saturated rings. The minimum atomic E-state index is 0.0521. The van der Waals surface area contributed by atoms with E-state index in [9.17, 15) is 4.79 Å². The molecule has 6 nitrogen and oxygen atoms in total. The molecule has 0 unspecified atom stereocenters. The Morgan fingerprint density at radius 1 is 1.19 bits per heavy atom. The summed E-state index contributed by atoms with van der Waals surface area (Å²) in [5.41, 5.74) is 0. The molecule has 0 radical (unpaired) electrons. The van der Waals surface area contributed by atoms with Crippen LogP contribution in [0.25, 0.3) is 0 Å². The summed E-state index contributed by atoms with van der Waals surface area (Å²) in [7, 11) is 5.39. The van der Waals surface area contributed by atoms with Gasteiger partial charge in [-0.3, -0.25) is 4.79 Å². The Morgan fingerprint density at radius 3 is 2.48 bits per heavy atom. The molecule has 1 rings (SSSR count). The number of rotatable bonds is 8. The molecule has 0 aromatic carbocycles. The summed E-state index contributed by atoms with van der Waals surface area (Å²) in [4.78, 5) is 24.3. The van der Waals surface area contributed by atoms with Gasteiger partial charge >= 0.3 is 0 Å². The standard InChI is InChI=1S/C15H27N5O/c1-6-8-12-17-13(16-9-7-2)10-14(18-12)20(5)11-15(21)19(3)4/h10H,6-9,11H2,1-5H3,(H,16,17,18). The Kier molecular flexibility index (Phi) is 6.91. The largest absolute Gasteiger partial charge is 0.370 e. The number of anilines is 2. The Bertz CT molecular complexity index is 461. The molecule has 21 heavy (non-hydrogen) atoms. The maximum absolute atomic E-state index is 11.8. The fraction of sp³-hybridized carbons (Fsp3) is 0.667. The zero-order chi connectivity index (χ0) is 15.8. The number of carbonyl (C=O) groups is 1. The van der Waals surface area contributed by atoms with E-state index in [4.69, 9.17) is 0 Å². The maximum atomic E-state index is 11.8. The first-order chi connectivity index (χ1) is 9.97. The highest BCUT2D eigenvalue weighted by Crippen LogP contribution is 2.16. The first kappa shape index (κ1) is 17.2. The van der Waals surface area contributed by atoms with E-state index in [1.807, 2.05) is 18.0 Å². The SMILES string of the molecule is CCCNc1cc(N(C)CC(=O)N(C)C)nc(CCC)n1. The van der Waals surface area contributed by atoms with Crippen LogP contribution in [0.2, 0.25) is 0 Å². The molecule has 1 aromatic rings. The Morgan fingerprint density at radius 2 is 1.90 bits per heavy atom. The second-order valence-corrected chi connectivity index (χ2v) is 5.35. The quantitative estimate of drug-likeness (QED) is 0.791. The average molecular weight is 293 g/mol. The van der Waals surface area contributed by atoms with E-state index in [0.29, 0.717) is 6.54 Å². The van der Waals surface area contributed by atoms with Crippen LogP contribution in [0.1, 0.15) is 32.5 Å². The van der Waals surface area contributed by atoms with Crippen molar-refractivity contribution in [1.82, 2.24) is 14.9 Å². The number of hydrogen-bond donors (Lipinski definition) is 1. The predicted molar refractivity (Wildman–Crippen MR) is 86.8 cm³/mol. The predicted octanol–water partition coefficient (Wildman–Crippen LogP) is 1.78. The number of likely N-dealkylation sites (N-methyl/N-ethyl adjacent to an activating group) is 2. The molecule has 0 saturated carbocycles. The van der Waals surface area contributed by atoms with Crippen molar-refractivity contribution in [3.05, 3.63) is 11.9 Å². The molecule has 1 aromatic heterocycles. The van der Waals surface area contributed by atoms with Gasteiger partial charge in [0.25, 0.3) is 0 Å². The monoisotopic (exact) mass is 293 g/mol. The lowest BCUT2D eigenvalue weighted by atomic mass is 10.3. The molecule has 0 bridgehead atoms. The summed E-state index contributed by atoms with van der Waals surface area (Å²) in [5, 5.41) is 3.29. The van der Waals surface area contributed by atoms with Crippen molar-refractivity contribution in [3.8, 4) is 0 Å². The van der Waals surface area contributed by atoms with Crippen molar-refractivity contribution in [2.45, 2.75) is 33.1 Å². The van der Waals surface area contributed by atoms with Gasteiger partial charge in [-0.05, 0) is 12.8 Å². The topological polar surface area (TPSA) is 61.4 Å². The fourth-order valence-corrected chi connectivity index (χ4v) is 1.78. The molecule has 0 aliphatic heterocycles. The Labute approximate surface area is 127 Å². The molecule has 6 heteroatoms. The number of aryl methyl sites for hydroxylation is 1. The summed E-state index contributed by atoms with van der Waals surface area (Å²) in [6.07, 6.45) is 2.87. The van der Waals surface area contributed by atoms with Crippen molar-refractivity contribution in [2.75, 3.05) is 44.4 Å². The summed E-state index contributed by atoms with van der Waals surface area (Å²) >= 11 is 0. The van der Waals surface area contributed by atoms with Crippen LogP contribution in [0.4, 0.5) is 11.6 Å². The highest BCUT2D eigenvalue weighted by Gasteiger charge is 2.12. The van der Waals surface area contributed by atoms with E-state index in [1.165, 1.54) is 0 Å². The van der Waals surface area contributed by atoms with Crippen LogP contribution in [0.15, 0.2) is 6.07 Å². The van der Waals surface area contributed by atoms with E-state index < -0.39 is 0 Å². The number of amides is 1. The zero-order valence-electron chi connectivity index (χ0n) is 13.8. The van der Waals surface area contributed by atoms with Crippen LogP contribution in [0.3, 0.4) is 0 Å². The van der Waals surface area contributed by atoms with E-state index in [1.54, 1.807) is 19.0 Å². The van der Waals surface area contributed by atoms with Crippen LogP contribution in [-0.4, -0.2) is 55.0 Å². The molecular weight excluding hydrogens is 266 g/mol. The van der Waals surface area contributed by atoms with Crippen molar-refractivity contribution in [2.24, 2.45) is 0 Å². The van der Waals surface area contributed by atoms with E-state index >= 15 is 0 Å². The third-order valence-corrected chi connectivity index (χ3v) is 3.05. The summed E-state index contributed by atoms with van der Waals surface area (Å²) in [6.45, 7) is 5.41.